The van der Waals surface area contributed by atoms with E-state index in [2.05, 4.69) is 51.8 Å². The Morgan fingerprint density at radius 1 is 1.19 bits per heavy atom. The highest BCUT2D eigenvalue weighted by atomic mass is 16.2. The third-order valence-corrected chi connectivity index (χ3v) is 5.83. The number of amides is 2. The topological polar surface area (TPSA) is 53.4 Å². The fourth-order valence-corrected chi connectivity index (χ4v) is 4.28. The van der Waals surface area contributed by atoms with Gasteiger partial charge in [0, 0.05) is 51.9 Å². The van der Waals surface area contributed by atoms with E-state index in [0.29, 0.717) is 11.8 Å². The van der Waals surface area contributed by atoms with Crippen LogP contribution in [0.1, 0.15) is 29.9 Å². The molecule has 0 spiro atoms. The van der Waals surface area contributed by atoms with Crippen LogP contribution in [0.4, 0.5) is 4.79 Å². The van der Waals surface area contributed by atoms with Crippen molar-refractivity contribution in [2.45, 2.75) is 25.3 Å². The van der Waals surface area contributed by atoms with Crippen molar-refractivity contribution in [3.05, 3.63) is 53.9 Å². The Balaban J connectivity index is 1.20. The standard InChI is InChI=1S/C21H29N5O/c1-24-15-20(12-23-24)19-8-10-26(16-19)21(27)22-11-18-7-9-25(14-18)13-17-5-3-2-4-6-17/h2-6,12,15,18-19H,7-11,13-14,16H2,1H3,(H,22,27). The van der Waals surface area contributed by atoms with Gasteiger partial charge in [-0.15, -0.1) is 0 Å². The Morgan fingerprint density at radius 2 is 2.04 bits per heavy atom. The van der Waals surface area contributed by atoms with Crippen LogP contribution in [0.25, 0.3) is 0 Å². The normalized spacial score (nSPS) is 23.1. The summed E-state index contributed by atoms with van der Waals surface area (Å²) >= 11 is 0. The zero-order valence-electron chi connectivity index (χ0n) is 16.1. The second-order valence-electron chi connectivity index (χ2n) is 7.94. The van der Waals surface area contributed by atoms with Crippen LogP contribution in [0.15, 0.2) is 42.7 Å². The van der Waals surface area contributed by atoms with E-state index in [0.717, 1.165) is 52.1 Å². The van der Waals surface area contributed by atoms with Crippen LogP contribution in [0.5, 0.6) is 0 Å². The lowest BCUT2D eigenvalue weighted by Crippen LogP contribution is -2.40. The summed E-state index contributed by atoms with van der Waals surface area (Å²) in [5.74, 6) is 0.965. The van der Waals surface area contributed by atoms with Gasteiger partial charge in [0.05, 0.1) is 6.20 Å². The van der Waals surface area contributed by atoms with Crippen LogP contribution in [-0.2, 0) is 13.6 Å². The molecule has 2 atom stereocenters. The number of nitrogens with zero attached hydrogens (tertiary/aromatic N) is 4. The van der Waals surface area contributed by atoms with Crippen LogP contribution in [0.3, 0.4) is 0 Å². The molecule has 1 aromatic heterocycles. The van der Waals surface area contributed by atoms with Crippen molar-refractivity contribution in [1.82, 2.24) is 24.9 Å². The summed E-state index contributed by atoms with van der Waals surface area (Å²) in [5, 5.41) is 7.42. The molecular weight excluding hydrogens is 338 g/mol. The van der Waals surface area contributed by atoms with E-state index in [1.807, 2.05) is 22.8 Å². The fraction of sp³-hybridized carbons (Fsp3) is 0.524. The Labute approximate surface area is 161 Å². The summed E-state index contributed by atoms with van der Waals surface area (Å²) in [5.41, 5.74) is 2.60. The minimum absolute atomic E-state index is 0.0860. The predicted octanol–water partition coefficient (Wildman–Crippen LogP) is 2.44. The maximum atomic E-state index is 12.5. The van der Waals surface area contributed by atoms with E-state index in [4.69, 9.17) is 0 Å². The molecule has 0 saturated carbocycles. The van der Waals surface area contributed by atoms with Crippen molar-refractivity contribution < 1.29 is 4.79 Å². The summed E-state index contributed by atoms with van der Waals surface area (Å²) in [6.45, 7) is 5.58. The third-order valence-electron chi connectivity index (χ3n) is 5.83. The molecule has 1 N–H and O–H groups in total. The van der Waals surface area contributed by atoms with Gasteiger partial charge in [-0.2, -0.15) is 5.10 Å². The molecule has 0 radical (unpaired) electrons. The van der Waals surface area contributed by atoms with Crippen molar-refractivity contribution in [1.29, 1.82) is 0 Å². The smallest absolute Gasteiger partial charge is 0.317 e. The molecule has 2 unspecified atom stereocenters. The molecule has 0 aliphatic carbocycles. The fourth-order valence-electron chi connectivity index (χ4n) is 4.28. The van der Waals surface area contributed by atoms with Gasteiger partial charge in [0.15, 0.2) is 0 Å². The lowest BCUT2D eigenvalue weighted by atomic mass is 10.0. The highest BCUT2D eigenvalue weighted by molar-refractivity contribution is 5.74. The largest absolute Gasteiger partial charge is 0.338 e. The molecule has 1 aromatic carbocycles. The third kappa shape index (κ3) is 4.50. The number of carbonyl (C=O) groups is 1. The number of nitrogens with one attached hydrogen (secondary N) is 1. The molecule has 4 rings (SSSR count). The van der Waals surface area contributed by atoms with Gasteiger partial charge in [0.1, 0.15) is 0 Å². The zero-order valence-corrected chi connectivity index (χ0v) is 16.1. The number of aryl methyl sites for hydroxylation is 1. The highest BCUT2D eigenvalue weighted by Gasteiger charge is 2.29. The monoisotopic (exact) mass is 367 g/mol. The van der Waals surface area contributed by atoms with Crippen molar-refractivity contribution in [3.63, 3.8) is 0 Å². The van der Waals surface area contributed by atoms with Crippen molar-refractivity contribution in [2.75, 3.05) is 32.7 Å². The highest BCUT2D eigenvalue weighted by Crippen LogP contribution is 2.26. The Hall–Kier alpha value is -2.34. The van der Waals surface area contributed by atoms with E-state index in [1.54, 1.807) is 0 Å². The lowest BCUT2D eigenvalue weighted by Gasteiger charge is -2.20. The van der Waals surface area contributed by atoms with E-state index in [9.17, 15) is 4.79 Å². The van der Waals surface area contributed by atoms with Crippen LogP contribution >= 0.6 is 0 Å². The van der Waals surface area contributed by atoms with Crippen LogP contribution in [0.2, 0.25) is 0 Å². The second kappa shape index (κ2) is 8.13. The van der Waals surface area contributed by atoms with Gasteiger partial charge in [-0.05, 0) is 36.4 Å². The van der Waals surface area contributed by atoms with Gasteiger partial charge in [-0.25, -0.2) is 4.79 Å². The molecule has 3 heterocycles. The van der Waals surface area contributed by atoms with Crippen LogP contribution < -0.4 is 5.32 Å². The number of hydrogen-bond acceptors (Lipinski definition) is 3. The number of benzene rings is 1. The first-order chi connectivity index (χ1) is 13.2. The minimum Gasteiger partial charge on any atom is -0.338 e. The molecule has 2 aromatic rings. The predicted molar refractivity (Wildman–Crippen MR) is 105 cm³/mol. The average Bonchev–Trinajstić information content (AvgIpc) is 3.41. The molecule has 6 heteroatoms. The summed E-state index contributed by atoms with van der Waals surface area (Å²) in [4.78, 5) is 17.0. The summed E-state index contributed by atoms with van der Waals surface area (Å²) in [7, 11) is 1.94. The van der Waals surface area contributed by atoms with Crippen molar-refractivity contribution in [2.24, 2.45) is 13.0 Å². The number of likely N-dealkylation sites (tertiary alicyclic amines) is 2. The van der Waals surface area contributed by atoms with Crippen molar-refractivity contribution >= 4 is 6.03 Å². The molecule has 2 aliphatic rings. The Kier molecular flexibility index (Phi) is 5.43. The van der Waals surface area contributed by atoms with E-state index in [-0.39, 0.29) is 6.03 Å². The molecule has 2 fully saturated rings. The van der Waals surface area contributed by atoms with Gasteiger partial charge in [0.25, 0.3) is 0 Å². The summed E-state index contributed by atoms with van der Waals surface area (Å²) < 4.78 is 1.83. The summed E-state index contributed by atoms with van der Waals surface area (Å²) in [6, 6.07) is 10.7. The SMILES string of the molecule is Cn1cc(C2CCN(C(=O)NCC3CCN(Cc4ccccc4)C3)C2)cn1. The maximum Gasteiger partial charge on any atom is 0.317 e. The molecule has 6 nitrogen and oxygen atoms in total. The molecule has 144 valence electrons. The minimum atomic E-state index is 0.0860. The molecular formula is C21H29N5O. The number of hydrogen-bond donors (Lipinski definition) is 1. The number of carbonyl (C=O) groups excluding carboxylic acids is 1. The average molecular weight is 367 g/mol. The maximum absolute atomic E-state index is 12.5. The number of aromatic nitrogens is 2. The first kappa shape index (κ1) is 18.0. The van der Waals surface area contributed by atoms with Gasteiger partial charge in [-0.1, -0.05) is 30.3 Å². The van der Waals surface area contributed by atoms with Gasteiger partial charge in [0.2, 0.25) is 0 Å². The van der Waals surface area contributed by atoms with Gasteiger partial charge in [-0.3, -0.25) is 9.58 Å². The quantitative estimate of drug-likeness (QED) is 0.883. The Morgan fingerprint density at radius 3 is 2.81 bits per heavy atom. The molecule has 2 amide bonds. The van der Waals surface area contributed by atoms with Crippen LogP contribution in [-0.4, -0.2) is 58.3 Å². The molecule has 0 bridgehead atoms. The second-order valence-corrected chi connectivity index (χ2v) is 7.94. The van der Waals surface area contributed by atoms with Crippen LogP contribution in [0, 0.1) is 5.92 Å². The lowest BCUT2D eigenvalue weighted by molar-refractivity contribution is 0.206. The van der Waals surface area contributed by atoms with E-state index in [1.165, 1.54) is 11.1 Å². The molecule has 2 saturated heterocycles. The summed E-state index contributed by atoms with van der Waals surface area (Å²) in [6.07, 6.45) is 6.16. The zero-order chi connectivity index (χ0) is 18.6. The molecule has 2 aliphatic heterocycles. The first-order valence-corrected chi connectivity index (χ1v) is 9.95. The van der Waals surface area contributed by atoms with Crippen molar-refractivity contribution in [3.8, 4) is 0 Å². The molecule has 27 heavy (non-hydrogen) atoms. The Bertz CT molecular complexity index is 759. The number of urea groups is 1. The van der Waals surface area contributed by atoms with E-state index >= 15 is 0 Å². The van der Waals surface area contributed by atoms with Gasteiger partial charge < -0.3 is 10.2 Å². The number of rotatable bonds is 5. The van der Waals surface area contributed by atoms with Gasteiger partial charge >= 0.3 is 6.03 Å². The van der Waals surface area contributed by atoms with E-state index < -0.39 is 0 Å². The first-order valence-electron chi connectivity index (χ1n) is 9.95.